The van der Waals surface area contributed by atoms with Crippen LogP contribution in [0.2, 0.25) is 0 Å². The third-order valence-electron chi connectivity index (χ3n) is 2.12. The Balaban J connectivity index is 2.67. The largest absolute Gasteiger partial charge is 0.489 e. The molecule has 0 aromatic heterocycles. The van der Waals surface area contributed by atoms with Gasteiger partial charge in [-0.3, -0.25) is 4.79 Å². The Morgan fingerprint density at radius 1 is 1.38 bits per heavy atom. The van der Waals surface area contributed by atoms with Gasteiger partial charge in [-0.15, -0.1) is 0 Å². The Kier molecular flexibility index (Phi) is 2.77. The second kappa shape index (κ2) is 3.95. The lowest BCUT2D eigenvalue weighted by Gasteiger charge is -2.08. The van der Waals surface area contributed by atoms with Crippen LogP contribution in [-0.2, 0) is 9.05 Å². The summed E-state index contributed by atoms with van der Waals surface area (Å²) in [6.07, 6.45) is 0. The van der Waals surface area contributed by atoms with Crippen molar-refractivity contribution in [1.29, 1.82) is 0 Å². The maximum absolute atomic E-state index is 11.6. The first-order valence-electron chi connectivity index (χ1n) is 4.49. The molecule has 0 unspecified atom stereocenters. The van der Waals surface area contributed by atoms with Gasteiger partial charge in [-0.25, -0.2) is 8.42 Å². The quantitative estimate of drug-likeness (QED) is 0.757. The molecule has 7 heteroatoms. The van der Waals surface area contributed by atoms with Crippen LogP contribution in [0.1, 0.15) is 10.4 Å². The smallest absolute Gasteiger partial charge is 0.265 e. The lowest BCUT2D eigenvalue weighted by Crippen LogP contribution is -2.24. The fourth-order valence-electron chi connectivity index (χ4n) is 1.45. The van der Waals surface area contributed by atoms with E-state index in [1.54, 1.807) is 0 Å². The highest BCUT2D eigenvalue weighted by molar-refractivity contribution is 8.13. The van der Waals surface area contributed by atoms with Gasteiger partial charge >= 0.3 is 0 Å². The van der Waals surface area contributed by atoms with Crippen molar-refractivity contribution in [1.82, 2.24) is 5.32 Å². The molecule has 0 aliphatic carbocycles. The van der Waals surface area contributed by atoms with Crippen LogP contribution >= 0.6 is 10.7 Å². The Labute approximate surface area is 96.8 Å². The number of halogens is 1. The van der Waals surface area contributed by atoms with E-state index in [0.29, 0.717) is 6.54 Å². The van der Waals surface area contributed by atoms with Crippen LogP contribution in [0.25, 0.3) is 0 Å². The highest BCUT2D eigenvalue weighted by atomic mass is 35.7. The summed E-state index contributed by atoms with van der Waals surface area (Å²) >= 11 is 0. The fraction of sp³-hybridized carbons (Fsp3) is 0.222. The van der Waals surface area contributed by atoms with Crippen molar-refractivity contribution in [3.63, 3.8) is 0 Å². The van der Waals surface area contributed by atoms with Crippen molar-refractivity contribution in [3.05, 3.63) is 23.8 Å². The van der Waals surface area contributed by atoms with E-state index in [9.17, 15) is 13.2 Å². The zero-order valence-corrected chi connectivity index (χ0v) is 9.64. The molecule has 1 heterocycles. The van der Waals surface area contributed by atoms with Gasteiger partial charge in [0.1, 0.15) is 11.5 Å². The molecule has 0 bridgehead atoms. The molecule has 16 heavy (non-hydrogen) atoms. The van der Waals surface area contributed by atoms with Gasteiger partial charge in [0.05, 0.1) is 12.1 Å². The van der Waals surface area contributed by atoms with Crippen molar-refractivity contribution in [2.24, 2.45) is 0 Å². The molecule has 0 radical (unpaired) electrons. The molecule has 1 aliphatic heterocycles. The Morgan fingerprint density at radius 2 is 2.12 bits per heavy atom. The van der Waals surface area contributed by atoms with Gasteiger partial charge in [0.15, 0.2) is 5.75 Å². The third kappa shape index (κ3) is 1.98. The summed E-state index contributed by atoms with van der Waals surface area (Å²) in [5.74, 6) is -0.345. The predicted octanol–water partition coefficient (Wildman–Crippen LogP) is 0.736. The molecule has 5 nitrogen and oxygen atoms in total. The zero-order valence-electron chi connectivity index (χ0n) is 8.07. The number of carbonyl (C=O) groups excluding carboxylic acids is 1. The second-order valence-electron chi connectivity index (χ2n) is 3.18. The number of hydrogen-bond acceptors (Lipinski definition) is 4. The van der Waals surface area contributed by atoms with Crippen molar-refractivity contribution in [3.8, 4) is 5.75 Å². The minimum Gasteiger partial charge on any atom is -0.489 e. The van der Waals surface area contributed by atoms with E-state index in [1.807, 2.05) is 0 Å². The number of para-hydroxylation sites is 1. The van der Waals surface area contributed by atoms with Crippen molar-refractivity contribution >= 4 is 25.6 Å². The number of nitrogens with one attached hydrogen (secondary N) is 1. The van der Waals surface area contributed by atoms with E-state index in [2.05, 4.69) is 5.32 Å². The first-order valence-corrected chi connectivity index (χ1v) is 6.80. The van der Waals surface area contributed by atoms with Gasteiger partial charge < -0.3 is 10.1 Å². The van der Waals surface area contributed by atoms with Gasteiger partial charge in [0.25, 0.3) is 15.0 Å². The summed E-state index contributed by atoms with van der Waals surface area (Å²) in [5.41, 5.74) is 0.180. The summed E-state index contributed by atoms with van der Waals surface area (Å²) in [6, 6.07) is 4.24. The average molecular weight is 262 g/mol. The molecule has 1 aliphatic rings. The SMILES string of the molecule is O=C1NCCOc2c1cccc2S(=O)(=O)Cl. The predicted molar refractivity (Wildman–Crippen MR) is 57.3 cm³/mol. The highest BCUT2D eigenvalue weighted by Gasteiger charge is 2.24. The number of amides is 1. The molecule has 86 valence electrons. The van der Waals surface area contributed by atoms with Crippen LogP contribution in [-0.4, -0.2) is 27.5 Å². The van der Waals surface area contributed by atoms with Crippen LogP contribution in [0.3, 0.4) is 0 Å². The van der Waals surface area contributed by atoms with Crippen molar-refractivity contribution in [2.75, 3.05) is 13.2 Å². The van der Waals surface area contributed by atoms with Gasteiger partial charge in [-0.05, 0) is 12.1 Å². The summed E-state index contributed by atoms with van der Waals surface area (Å²) in [6.45, 7) is 0.539. The van der Waals surface area contributed by atoms with Crippen LogP contribution in [0.5, 0.6) is 5.75 Å². The van der Waals surface area contributed by atoms with E-state index in [-0.39, 0.29) is 28.7 Å². The molecule has 1 aromatic carbocycles. The topological polar surface area (TPSA) is 72.5 Å². The van der Waals surface area contributed by atoms with Gasteiger partial charge in [-0.2, -0.15) is 0 Å². The van der Waals surface area contributed by atoms with Crippen LogP contribution in [0.15, 0.2) is 23.1 Å². The first kappa shape index (κ1) is 11.2. The number of ether oxygens (including phenoxy) is 1. The molecular weight excluding hydrogens is 254 g/mol. The number of hydrogen-bond donors (Lipinski definition) is 1. The van der Waals surface area contributed by atoms with E-state index < -0.39 is 9.05 Å². The molecule has 0 saturated carbocycles. The summed E-state index contributed by atoms with van der Waals surface area (Å²) in [7, 11) is 1.34. The molecule has 0 fully saturated rings. The summed E-state index contributed by atoms with van der Waals surface area (Å²) < 4.78 is 27.8. The van der Waals surface area contributed by atoms with Gasteiger partial charge in [-0.1, -0.05) is 6.07 Å². The number of carbonyl (C=O) groups is 1. The number of rotatable bonds is 1. The standard InChI is InChI=1S/C9H8ClNO4S/c10-16(13,14)7-3-1-2-6-8(7)15-5-4-11-9(6)12/h1-3H,4-5H2,(H,11,12). The van der Waals surface area contributed by atoms with Crippen LogP contribution in [0.4, 0.5) is 0 Å². The molecule has 0 saturated heterocycles. The molecular formula is C9H8ClNO4S. The third-order valence-corrected chi connectivity index (χ3v) is 3.47. The maximum Gasteiger partial charge on any atom is 0.265 e. The molecule has 0 spiro atoms. The zero-order chi connectivity index (χ0) is 11.8. The lowest BCUT2D eigenvalue weighted by molar-refractivity contribution is 0.0957. The Hall–Kier alpha value is -1.27. The van der Waals surface area contributed by atoms with E-state index in [4.69, 9.17) is 15.4 Å². The maximum atomic E-state index is 11.6. The van der Waals surface area contributed by atoms with Crippen molar-refractivity contribution < 1.29 is 17.9 Å². The lowest BCUT2D eigenvalue weighted by atomic mass is 10.2. The van der Waals surface area contributed by atoms with Gasteiger partial charge in [0.2, 0.25) is 0 Å². The first-order chi connectivity index (χ1) is 7.50. The minimum absolute atomic E-state index is 0.0208. The van der Waals surface area contributed by atoms with E-state index >= 15 is 0 Å². The average Bonchev–Trinajstić information content (AvgIpc) is 2.39. The summed E-state index contributed by atoms with van der Waals surface area (Å²) in [4.78, 5) is 11.4. The number of benzene rings is 1. The van der Waals surface area contributed by atoms with E-state index in [1.165, 1.54) is 18.2 Å². The monoisotopic (exact) mass is 261 g/mol. The van der Waals surface area contributed by atoms with Gasteiger partial charge in [0, 0.05) is 10.7 Å². The normalized spacial score (nSPS) is 15.7. The fourth-order valence-corrected chi connectivity index (χ4v) is 2.44. The molecule has 1 N–H and O–H groups in total. The van der Waals surface area contributed by atoms with Crippen LogP contribution in [0, 0.1) is 0 Å². The van der Waals surface area contributed by atoms with Crippen LogP contribution < -0.4 is 10.1 Å². The summed E-state index contributed by atoms with van der Waals surface area (Å²) in [5, 5.41) is 2.58. The minimum atomic E-state index is -3.92. The molecule has 1 amide bonds. The second-order valence-corrected chi connectivity index (χ2v) is 5.71. The Bertz CT molecular complexity index is 540. The van der Waals surface area contributed by atoms with Crippen molar-refractivity contribution in [2.45, 2.75) is 4.90 Å². The Morgan fingerprint density at radius 3 is 2.81 bits per heavy atom. The highest BCUT2D eigenvalue weighted by Crippen LogP contribution is 2.31. The molecule has 0 atom stereocenters. The number of fused-ring (bicyclic) bond motifs is 1. The molecule has 1 aromatic rings. The van der Waals surface area contributed by atoms with E-state index in [0.717, 1.165) is 0 Å². The molecule has 2 rings (SSSR count).